The van der Waals surface area contributed by atoms with Crippen molar-refractivity contribution < 1.29 is 14.3 Å². The van der Waals surface area contributed by atoms with Gasteiger partial charge in [-0.2, -0.15) is 0 Å². The Morgan fingerprint density at radius 2 is 2.14 bits per heavy atom. The average molecular weight is 190 g/mol. The lowest BCUT2D eigenvalue weighted by molar-refractivity contribution is 0.0597. The van der Waals surface area contributed by atoms with Crippen molar-refractivity contribution in [3.63, 3.8) is 0 Å². The smallest absolute Gasteiger partial charge is 0.341 e. The molecule has 3 nitrogen and oxygen atoms in total. The van der Waals surface area contributed by atoms with Crippen molar-refractivity contribution in [3.8, 4) is 18.1 Å². The van der Waals surface area contributed by atoms with E-state index < -0.39 is 5.97 Å². The number of hydrogen-bond acceptors (Lipinski definition) is 3. The molecule has 0 aromatic heterocycles. The van der Waals surface area contributed by atoms with Crippen molar-refractivity contribution in [1.82, 2.24) is 0 Å². The fourth-order valence-electron chi connectivity index (χ4n) is 1.06. The van der Waals surface area contributed by atoms with Crippen molar-refractivity contribution in [2.75, 3.05) is 14.2 Å². The maximum atomic E-state index is 11.2. The van der Waals surface area contributed by atoms with Crippen LogP contribution in [-0.4, -0.2) is 20.2 Å². The minimum absolute atomic E-state index is 0.369. The molecular formula is C11H10O3. The molecule has 72 valence electrons. The molecule has 0 aliphatic carbocycles. The Morgan fingerprint density at radius 3 is 2.64 bits per heavy atom. The lowest BCUT2D eigenvalue weighted by Gasteiger charge is -2.06. The van der Waals surface area contributed by atoms with Crippen LogP contribution in [0.25, 0.3) is 0 Å². The standard InChI is InChI=1S/C11H10O3/c1-4-8-5-6-9(11(12)14-3)10(7-8)13-2/h1,5-7H,2-3H3. The lowest BCUT2D eigenvalue weighted by Crippen LogP contribution is -2.04. The van der Waals surface area contributed by atoms with E-state index in [4.69, 9.17) is 11.2 Å². The summed E-state index contributed by atoms with van der Waals surface area (Å²) in [5, 5.41) is 0. The minimum atomic E-state index is -0.439. The summed E-state index contributed by atoms with van der Waals surface area (Å²) in [6, 6.07) is 4.86. The zero-order valence-electron chi connectivity index (χ0n) is 8.03. The summed E-state index contributed by atoms with van der Waals surface area (Å²) in [7, 11) is 2.79. The monoisotopic (exact) mass is 190 g/mol. The van der Waals surface area contributed by atoms with E-state index >= 15 is 0 Å². The highest BCUT2D eigenvalue weighted by Gasteiger charge is 2.12. The topological polar surface area (TPSA) is 35.5 Å². The first-order valence-corrected chi connectivity index (χ1v) is 3.96. The van der Waals surface area contributed by atoms with E-state index in [0.29, 0.717) is 16.9 Å². The Hall–Kier alpha value is -1.95. The SMILES string of the molecule is C#Cc1ccc(C(=O)OC)c(OC)c1. The third-order valence-electron chi connectivity index (χ3n) is 1.77. The first-order chi connectivity index (χ1) is 6.72. The highest BCUT2D eigenvalue weighted by atomic mass is 16.5. The van der Waals surface area contributed by atoms with Gasteiger partial charge in [0.2, 0.25) is 0 Å². The van der Waals surface area contributed by atoms with E-state index in [2.05, 4.69) is 10.7 Å². The van der Waals surface area contributed by atoms with Crippen LogP contribution in [0.1, 0.15) is 15.9 Å². The van der Waals surface area contributed by atoms with E-state index in [1.54, 1.807) is 18.2 Å². The van der Waals surface area contributed by atoms with Crippen LogP contribution in [0, 0.1) is 12.3 Å². The molecule has 14 heavy (non-hydrogen) atoms. The Bertz CT molecular complexity index is 388. The van der Waals surface area contributed by atoms with Crippen molar-refractivity contribution in [1.29, 1.82) is 0 Å². The molecule has 0 fully saturated rings. The van der Waals surface area contributed by atoms with Crippen molar-refractivity contribution >= 4 is 5.97 Å². The highest BCUT2D eigenvalue weighted by molar-refractivity contribution is 5.92. The molecule has 0 aliphatic rings. The van der Waals surface area contributed by atoms with Crippen LogP contribution in [0.15, 0.2) is 18.2 Å². The van der Waals surface area contributed by atoms with Gasteiger partial charge < -0.3 is 9.47 Å². The second-order valence-electron chi connectivity index (χ2n) is 2.55. The summed E-state index contributed by atoms with van der Waals surface area (Å²) in [4.78, 5) is 11.2. The fraction of sp³-hybridized carbons (Fsp3) is 0.182. The van der Waals surface area contributed by atoms with E-state index in [1.165, 1.54) is 14.2 Å². The van der Waals surface area contributed by atoms with E-state index in [1.807, 2.05) is 0 Å². The Morgan fingerprint density at radius 1 is 1.43 bits per heavy atom. The normalized spacial score (nSPS) is 8.93. The van der Waals surface area contributed by atoms with Crippen molar-refractivity contribution in [2.24, 2.45) is 0 Å². The maximum Gasteiger partial charge on any atom is 0.341 e. The van der Waals surface area contributed by atoms with E-state index in [-0.39, 0.29) is 0 Å². The van der Waals surface area contributed by atoms with E-state index in [9.17, 15) is 4.79 Å². The minimum Gasteiger partial charge on any atom is -0.496 e. The van der Waals surface area contributed by atoms with Gasteiger partial charge >= 0.3 is 5.97 Å². The van der Waals surface area contributed by atoms with Gasteiger partial charge in [-0.1, -0.05) is 5.92 Å². The number of carbonyl (C=O) groups excluding carboxylic acids is 1. The van der Waals surface area contributed by atoms with Gasteiger partial charge in [0.05, 0.1) is 14.2 Å². The largest absolute Gasteiger partial charge is 0.496 e. The molecule has 0 heterocycles. The molecule has 0 spiro atoms. The number of rotatable bonds is 2. The van der Waals surface area contributed by atoms with Crippen LogP contribution < -0.4 is 4.74 Å². The summed E-state index contributed by atoms with van der Waals surface area (Å²) in [6.07, 6.45) is 5.21. The molecule has 1 aromatic carbocycles. The molecule has 0 N–H and O–H groups in total. The van der Waals surface area contributed by atoms with Gasteiger partial charge in [0.25, 0.3) is 0 Å². The predicted octanol–water partition coefficient (Wildman–Crippen LogP) is 1.46. The molecule has 0 bridgehead atoms. The number of methoxy groups -OCH3 is 2. The van der Waals surface area contributed by atoms with Crippen LogP contribution in [0.2, 0.25) is 0 Å². The molecular weight excluding hydrogens is 180 g/mol. The molecule has 0 unspecified atom stereocenters. The summed E-state index contributed by atoms with van der Waals surface area (Å²) in [6.45, 7) is 0. The first kappa shape index (κ1) is 10.1. The lowest BCUT2D eigenvalue weighted by atomic mass is 10.1. The van der Waals surface area contributed by atoms with Gasteiger partial charge in [0, 0.05) is 5.56 Å². The van der Waals surface area contributed by atoms with E-state index in [0.717, 1.165) is 0 Å². The number of benzene rings is 1. The zero-order valence-corrected chi connectivity index (χ0v) is 8.03. The summed E-state index contributed by atoms with van der Waals surface area (Å²) in [5.74, 6) is 2.44. The highest BCUT2D eigenvalue weighted by Crippen LogP contribution is 2.20. The van der Waals surface area contributed by atoms with Crippen molar-refractivity contribution in [2.45, 2.75) is 0 Å². The number of esters is 1. The quantitative estimate of drug-likeness (QED) is 0.523. The molecule has 0 atom stereocenters. The third-order valence-corrected chi connectivity index (χ3v) is 1.77. The maximum absolute atomic E-state index is 11.2. The van der Waals surface area contributed by atoms with Gasteiger partial charge in [-0.3, -0.25) is 0 Å². The van der Waals surface area contributed by atoms with Crippen LogP contribution in [0.4, 0.5) is 0 Å². The molecule has 1 aromatic rings. The van der Waals surface area contributed by atoms with Gasteiger partial charge in [0.15, 0.2) is 0 Å². The second kappa shape index (κ2) is 4.33. The van der Waals surface area contributed by atoms with Gasteiger partial charge in [-0.05, 0) is 18.2 Å². The molecule has 0 radical (unpaired) electrons. The summed E-state index contributed by atoms with van der Waals surface area (Å²) in [5.41, 5.74) is 1.03. The van der Waals surface area contributed by atoms with Crippen LogP contribution in [-0.2, 0) is 4.74 Å². The van der Waals surface area contributed by atoms with Gasteiger partial charge in [0.1, 0.15) is 11.3 Å². The summed E-state index contributed by atoms with van der Waals surface area (Å²) < 4.78 is 9.60. The molecule has 1 rings (SSSR count). The van der Waals surface area contributed by atoms with Crippen LogP contribution in [0.3, 0.4) is 0 Å². The first-order valence-electron chi connectivity index (χ1n) is 3.96. The van der Waals surface area contributed by atoms with Crippen LogP contribution >= 0.6 is 0 Å². The van der Waals surface area contributed by atoms with Gasteiger partial charge in [-0.25, -0.2) is 4.79 Å². The number of ether oxygens (including phenoxy) is 2. The molecule has 0 saturated heterocycles. The molecule has 0 aliphatic heterocycles. The number of carbonyl (C=O) groups is 1. The molecule has 3 heteroatoms. The third kappa shape index (κ3) is 1.86. The number of terminal acetylenes is 1. The predicted molar refractivity (Wildman–Crippen MR) is 52.3 cm³/mol. The summed E-state index contributed by atoms with van der Waals surface area (Å²) >= 11 is 0. The Kier molecular flexibility index (Phi) is 3.14. The van der Waals surface area contributed by atoms with Crippen LogP contribution in [0.5, 0.6) is 5.75 Å². The Balaban J connectivity index is 3.19. The number of hydrogen-bond donors (Lipinski definition) is 0. The Labute approximate surface area is 82.6 Å². The second-order valence-corrected chi connectivity index (χ2v) is 2.55. The van der Waals surface area contributed by atoms with Crippen molar-refractivity contribution in [3.05, 3.63) is 29.3 Å². The molecule has 0 saturated carbocycles. The molecule has 0 amide bonds. The van der Waals surface area contributed by atoms with Gasteiger partial charge in [-0.15, -0.1) is 6.42 Å². The zero-order chi connectivity index (χ0) is 10.6. The fourth-order valence-corrected chi connectivity index (χ4v) is 1.06. The average Bonchev–Trinajstić information content (AvgIpc) is 2.27.